The van der Waals surface area contributed by atoms with Crippen molar-refractivity contribution in [1.82, 2.24) is 20.0 Å². The van der Waals surface area contributed by atoms with Crippen molar-refractivity contribution in [2.24, 2.45) is 0 Å². The molecule has 0 atom stereocenters. The van der Waals surface area contributed by atoms with Crippen LogP contribution in [0.25, 0.3) is 17.1 Å². The van der Waals surface area contributed by atoms with Gasteiger partial charge in [-0.25, -0.2) is 9.99 Å². The van der Waals surface area contributed by atoms with E-state index in [4.69, 9.17) is 28.2 Å². The van der Waals surface area contributed by atoms with Crippen molar-refractivity contribution in [1.29, 1.82) is 0 Å². The molecule has 2 heterocycles. The standard InChI is InChI=1S/C22H22Cl2N4O/c1-15-20(22(29)26-27-12-3-2-4-13-27)25-21(16-6-5-7-18(24)14-16)28(15)19-10-8-17(23)9-11-19/h5-11,14H,2-4,12-13H2,1H3,(H,26,29). The molecule has 1 saturated heterocycles. The van der Waals surface area contributed by atoms with Crippen molar-refractivity contribution in [3.05, 3.63) is 70.0 Å². The minimum atomic E-state index is -0.194. The van der Waals surface area contributed by atoms with Gasteiger partial charge < -0.3 is 0 Å². The molecule has 1 fully saturated rings. The van der Waals surface area contributed by atoms with E-state index in [-0.39, 0.29) is 5.91 Å². The summed E-state index contributed by atoms with van der Waals surface area (Å²) >= 11 is 12.3. The van der Waals surface area contributed by atoms with Crippen molar-refractivity contribution >= 4 is 29.1 Å². The fraction of sp³-hybridized carbons (Fsp3) is 0.273. The normalized spacial score (nSPS) is 14.7. The number of benzene rings is 2. The van der Waals surface area contributed by atoms with Crippen LogP contribution in [0, 0.1) is 6.92 Å². The van der Waals surface area contributed by atoms with Crippen molar-refractivity contribution in [3.8, 4) is 17.1 Å². The lowest BCUT2D eigenvalue weighted by Gasteiger charge is -2.26. The van der Waals surface area contributed by atoms with Gasteiger partial charge in [0.1, 0.15) is 5.82 Å². The first-order valence-electron chi connectivity index (χ1n) is 9.70. The second-order valence-corrected chi connectivity index (χ2v) is 8.05. The van der Waals surface area contributed by atoms with Gasteiger partial charge in [-0.1, -0.05) is 41.8 Å². The minimum Gasteiger partial charge on any atom is -0.296 e. The quantitative estimate of drug-likeness (QED) is 0.614. The van der Waals surface area contributed by atoms with Gasteiger partial charge in [0.25, 0.3) is 5.91 Å². The molecule has 1 aliphatic rings. The molecular weight excluding hydrogens is 407 g/mol. The Labute approximate surface area is 180 Å². The summed E-state index contributed by atoms with van der Waals surface area (Å²) in [7, 11) is 0. The van der Waals surface area contributed by atoms with Gasteiger partial charge in [-0.2, -0.15) is 0 Å². The summed E-state index contributed by atoms with van der Waals surface area (Å²) in [5.74, 6) is 0.469. The van der Waals surface area contributed by atoms with Crippen LogP contribution in [0.1, 0.15) is 35.4 Å². The van der Waals surface area contributed by atoms with Gasteiger partial charge in [0.15, 0.2) is 5.69 Å². The number of rotatable bonds is 4. The lowest BCUT2D eigenvalue weighted by atomic mass is 10.2. The van der Waals surface area contributed by atoms with Gasteiger partial charge in [-0.05, 0) is 56.2 Å². The average molecular weight is 429 g/mol. The second-order valence-electron chi connectivity index (χ2n) is 7.18. The van der Waals surface area contributed by atoms with Gasteiger partial charge in [-0.3, -0.25) is 14.8 Å². The molecule has 0 radical (unpaired) electrons. The zero-order valence-corrected chi connectivity index (χ0v) is 17.7. The predicted molar refractivity (Wildman–Crippen MR) is 117 cm³/mol. The van der Waals surface area contributed by atoms with Crippen LogP contribution in [0.5, 0.6) is 0 Å². The van der Waals surface area contributed by atoms with Gasteiger partial charge in [-0.15, -0.1) is 0 Å². The molecule has 4 rings (SSSR count). The molecule has 29 heavy (non-hydrogen) atoms. The fourth-order valence-electron chi connectivity index (χ4n) is 3.65. The molecule has 1 aliphatic heterocycles. The van der Waals surface area contributed by atoms with Gasteiger partial charge >= 0.3 is 0 Å². The van der Waals surface area contributed by atoms with Crippen LogP contribution in [-0.4, -0.2) is 33.6 Å². The highest BCUT2D eigenvalue weighted by Gasteiger charge is 2.23. The van der Waals surface area contributed by atoms with Crippen LogP contribution in [0.2, 0.25) is 10.0 Å². The monoisotopic (exact) mass is 428 g/mol. The number of carbonyl (C=O) groups excluding carboxylic acids is 1. The zero-order valence-electron chi connectivity index (χ0n) is 16.2. The van der Waals surface area contributed by atoms with Crippen molar-refractivity contribution in [2.45, 2.75) is 26.2 Å². The maximum Gasteiger partial charge on any atom is 0.286 e. The van der Waals surface area contributed by atoms with Gasteiger partial charge in [0.05, 0.1) is 5.69 Å². The number of hydrogen-bond acceptors (Lipinski definition) is 3. The first kappa shape index (κ1) is 20.0. The number of hydrazine groups is 1. The average Bonchev–Trinajstić information content (AvgIpc) is 3.07. The number of nitrogens with one attached hydrogen (secondary N) is 1. The molecular formula is C22H22Cl2N4O. The summed E-state index contributed by atoms with van der Waals surface area (Å²) < 4.78 is 1.97. The van der Waals surface area contributed by atoms with Crippen molar-refractivity contribution in [3.63, 3.8) is 0 Å². The number of amides is 1. The van der Waals surface area contributed by atoms with E-state index in [1.165, 1.54) is 6.42 Å². The van der Waals surface area contributed by atoms with E-state index in [0.29, 0.717) is 21.6 Å². The first-order chi connectivity index (χ1) is 14.0. The smallest absolute Gasteiger partial charge is 0.286 e. The Kier molecular flexibility index (Phi) is 5.90. The number of nitrogens with zero attached hydrogens (tertiary/aromatic N) is 3. The van der Waals surface area contributed by atoms with E-state index in [2.05, 4.69) is 5.43 Å². The lowest BCUT2D eigenvalue weighted by Crippen LogP contribution is -2.45. The van der Waals surface area contributed by atoms with E-state index in [0.717, 1.165) is 42.9 Å². The third-order valence-electron chi connectivity index (χ3n) is 5.11. The molecule has 0 aliphatic carbocycles. The number of imidazole rings is 1. The fourth-order valence-corrected chi connectivity index (χ4v) is 3.96. The molecule has 150 valence electrons. The van der Waals surface area contributed by atoms with E-state index in [1.54, 1.807) is 0 Å². The molecule has 1 amide bonds. The van der Waals surface area contributed by atoms with Crippen LogP contribution in [0.15, 0.2) is 48.5 Å². The third kappa shape index (κ3) is 4.32. The van der Waals surface area contributed by atoms with Gasteiger partial charge in [0, 0.05) is 34.4 Å². The van der Waals surface area contributed by atoms with Crippen LogP contribution < -0.4 is 5.43 Å². The molecule has 0 spiro atoms. The minimum absolute atomic E-state index is 0.194. The number of aromatic nitrogens is 2. The largest absolute Gasteiger partial charge is 0.296 e. The Hall–Kier alpha value is -2.34. The summed E-state index contributed by atoms with van der Waals surface area (Å²) in [4.78, 5) is 17.7. The maximum absolute atomic E-state index is 13.0. The highest BCUT2D eigenvalue weighted by atomic mass is 35.5. The molecule has 1 N–H and O–H groups in total. The first-order valence-corrected chi connectivity index (χ1v) is 10.5. The Bertz CT molecular complexity index is 1020. The summed E-state index contributed by atoms with van der Waals surface area (Å²) in [5.41, 5.74) is 5.90. The van der Waals surface area contributed by atoms with Crippen LogP contribution in [-0.2, 0) is 0 Å². The number of piperidine rings is 1. The summed E-state index contributed by atoms with van der Waals surface area (Å²) in [5, 5.41) is 3.25. The predicted octanol–water partition coefficient (Wildman–Crippen LogP) is 5.29. The number of halogens is 2. The zero-order chi connectivity index (χ0) is 20.4. The number of hydrogen-bond donors (Lipinski definition) is 1. The molecule has 5 nitrogen and oxygen atoms in total. The maximum atomic E-state index is 13.0. The Morgan fingerprint density at radius 2 is 1.72 bits per heavy atom. The summed E-state index contributed by atoms with van der Waals surface area (Å²) in [6.07, 6.45) is 3.38. The molecule has 1 aromatic heterocycles. The van der Waals surface area contributed by atoms with E-state index in [9.17, 15) is 4.79 Å². The molecule has 2 aromatic carbocycles. The third-order valence-corrected chi connectivity index (χ3v) is 5.59. The number of carbonyl (C=O) groups is 1. The highest BCUT2D eigenvalue weighted by Crippen LogP contribution is 2.29. The van der Waals surface area contributed by atoms with E-state index >= 15 is 0 Å². The molecule has 7 heteroatoms. The molecule has 0 bridgehead atoms. The Morgan fingerprint density at radius 3 is 2.41 bits per heavy atom. The molecule has 0 unspecified atom stereocenters. The lowest BCUT2D eigenvalue weighted by molar-refractivity contribution is 0.0744. The highest BCUT2D eigenvalue weighted by molar-refractivity contribution is 6.31. The van der Waals surface area contributed by atoms with E-state index < -0.39 is 0 Å². The summed E-state index contributed by atoms with van der Waals surface area (Å²) in [6.45, 7) is 3.63. The Morgan fingerprint density at radius 1 is 1.00 bits per heavy atom. The molecule has 3 aromatic rings. The van der Waals surface area contributed by atoms with Gasteiger partial charge in [0.2, 0.25) is 0 Å². The van der Waals surface area contributed by atoms with E-state index in [1.807, 2.05) is 65.0 Å². The second kappa shape index (κ2) is 8.57. The van der Waals surface area contributed by atoms with Crippen LogP contribution >= 0.6 is 23.2 Å². The SMILES string of the molecule is Cc1c(C(=O)NN2CCCCC2)nc(-c2cccc(Cl)c2)n1-c1ccc(Cl)cc1. The summed E-state index contributed by atoms with van der Waals surface area (Å²) in [6, 6.07) is 15.0. The van der Waals surface area contributed by atoms with Crippen molar-refractivity contribution < 1.29 is 4.79 Å². The van der Waals surface area contributed by atoms with Crippen LogP contribution in [0.3, 0.4) is 0 Å². The molecule has 0 saturated carbocycles. The van der Waals surface area contributed by atoms with Crippen molar-refractivity contribution in [2.75, 3.05) is 13.1 Å². The van der Waals surface area contributed by atoms with Crippen LogP contribution in [0.4, 0.5) is 0 Å². The Balaban J connectivity index is 1.77. The topological polar surface area (TPSA) is 50.2 Å².